The molecule has 0 bridgehead atoms. The van der Waals surface area contributed by atoms with Crippen LogP contribution in [0.3, 0.4) is 0 Å². The summed E-state index contributed by atoms with van der Waals surface area (Å²) < 4.78 is 16.7. The van der Waals surface area contributed by atoms with Crippen molar-refractivity contribution in [2.24, 2.45) is 0 Å². The van der Waals surface area contributed by atoms with E-state index in [0.717, 1.165) is 141 Å². The first kappa shape index (κ1) is 65.8. The van der Waals surface area contributed by atoms with Gasteiger partial charge in [-0.25, -0.2) is 0 Å². The van der Waals surface area contributed by atoms with Crippen molar-refractivity contribution in [2.45, 2.75) is 252 Å². The molecule has 0 radical (unpaired) electrons. The molecule has 0 aromatic carbocycles. The lowest BCUT2D eigenvalue weighted by Gasteiger charge is -2.18. The summed E-state index contributed by atoms with van der Waals surface area (Å²) in [5.41, 5.74) is 0. The Hall–Kier alpha value is -4.19. The second kappa shape index (κ2) is 57.4. The lowest BCUT2D eigenvalue weighted by atomic mass is 10.1. The highest BCUT2D eigenvalue weighted by Gasteiger charge is 2.19. The Morgan fingerprint density at radius 3 is 0.871 bits per heavy atom. The molecule has 396 valence electrons. The van der Waals surface area contributed by atoms with E-state index in [0.29, 0.717) is 19.3 Å². The molecule has 1 atom stereocenters. The molecule has 1 unspecified atom stereocenters. The average molecular weight is 970 g/mol. The summed E-state index contributed by atoms with van der Waals surface area (Å²) in [6.07, 6.45) is 79.3. The summed E-state index contributed by atoms with van der Waals surface area (Å²) in [6.45, 7) is 6.33. The predicted octanol–water partition coefficient (Wildman–Crippen LogP) is 19.3. The molecule has 0 aliphatic heterocycles. The number of allylic oxidation sites excluding steroid dienone is 20. The van der Waals surface area contributed by atoms with E-state index in [9.17, 15) is 14.4 Å². The van der Waals surface area contributed by atoms with Crippen LogP contribution in [0.25, 0.3) is 0 Å². The zero-order valence-corrected chi connectivity index (χ0v) is 45.2. The third-order valence-electron chi connectivity index (χ3n) is 11.7. The van der Waals surface area contributed by atoms with Crippen LogP contribution in [0.4, 0.5) is 0 Å². The van der Waals surface area contributed by atoms with Gasteiger partial charge in [0.2, 0.25) is 0 Å². The Morgan fingerprint density at radius 1 is 0.300 bits per heavy atom. The van der Waals surface area contributed by atoms with Crippen molar-refractivity contribution in [3.63, 3.8) is 0 Å². The van der Waals surface area contributed by atoms with Crippen molar-refractivity contribution >= 4 is 17.9 Å². The fourth-order valence-corrected chi connectivity index (χ4v) is 7.49. The Bertz CT molecular complexity index is 1490. The van der Waals surface area contributed by atoms with E-state index in [1.54, 1.807) is 0 Å². The van der Waals surface area contributed by atoms with Gasteiger partial charge in [-0.3, -0.25) is 14.4 Å². The third-order valence-corrected chi connectivity index (χ3v) is 11.7. The largest absolute Gasteiger partial charge is 0.462 e. The first-order chi connectivity index (χ1) is 34.5. The molecule has 0 fully saturated rings. The molecule has 0 rings (SSSR count). The fraction of sp³-hybridized carbons (Fsp3) is 0.641. The minimum Gasteiger partial charge on any atom is -0.462 e. The summed E-state index contributed by atoms with van der Waals surface area (Å²) in [5, 5.41) is 0. The van der Waals surface area contributed by atoms with Gasteiger partial charge in [0, 0.05) is 19.3 Å². The molecule has 0 saturated carbocycles. The Labute approximate surface area is 431 Å². The van der Waals surface area contributed by atoms with E-state index >= 15 is 0 Å². The van der Waals surface area contributed by atoms with Gasteiger partial charge in [-0.15, -0.1) is 0 Å². The van der Waals surface area contributed by atoms with Gasteiger partial charge >= 0.3 is 17.9 Å². The molecule has 0 aromatic heterocycles. The van der Waals surface area contributed by atoms with Crippen LogP contribution in [0, 0.1) is 0 Å². The molecule has 0 aliphatic rings. The van der Waals surface area contributed by atoms with Gasteiger partial charge < -0.3 is 14.2 Å². The molecule has 0 spiro atoms. The van der Waals surface area contributed by atoms with Gasteiger partial charge in [0.05, 0.1) is 0 Å². The molecule has 0 saturated heterocycles. The molecule has 0 amide bonds. The minimum atomic E-state index is -0.789. The number of hydrogen-bond donors (Lipinski definition) is 0. The molecule has 0 aliphatic carbocycles. The van der Waals surface area contributed by atoms with Crippen molar-refractivity contribution < 1.29 is 28.6 Å². The van der Waals surface area contributed by atoms with Crippen LogP contribution in [0.5, 0.6) is 0 Å². The van der Waals surface area contributed by atoms with Crippen LogP contribution in [0.2, 0.25) is 0 Å². The molecule has 6 nitrogen and oxygen atoms in total. The van der Waals surface area contributed by atoms with E-state index in [2.05, 4.69) is 142 Å². The monoisotopic (exact) mass is 969 g/mol. The predicted molar refractivity (Wildman–Crippen MR) is 302 cm³/mol. The van der Waals surface area contributed by atoms with Gasteiger partial charge in [0.1, 0.15) is 13.2 Å². The highest BCUT2D eigenvalue weighted by atomic mass is 16.6. The summed E-state index contributed by atoms with van der Waals surface area (Å²) in [5.74, 6) is -0.925. The van der Waals surface area contributed by atoms with E-state index in [1.165, 1.54) is 64.2 Å². The summed E-state index contributed by atoms with van der Waals surface area (Å²) in [6, 6.07) is 0. The summed E-state index contributed by atoms with van der Waals surface area (Å²) >= 11 is 0. The van der Waals surface area contributed by atoms with Crippen LogP contribution >= 0.6 is 0 Å². The third kappa shape index (κ3) is 54.7. The Balaban J connectivity index is 4.23. The number of carbonyl (C=O) groups is 3. The van der Waals surface area contributed by atoms with Crippen LogP contribution < -0.4 is 0 Å². The van der Waals surface area contributed by atoms with Crippen molar-refractivity contribution in [3.05, 3.63) is 122 Å². The maximum Gasteiger partial charge on any atom is 0.306 e. The molecule has 0 N–H and O–H groups in total. The molecule has 0 heterocycles. The normalized spacial score (nSPS) is 13.0. The lowest BCUT2D eigenvalue weighted by Crippen LogP contribution is -2.30. The van der Waals surface area contributed by atoms with E-state index in [4.69, 9.17) is 14.2 Å². The van der Waals surface area contributed by atoms with Crippen LogP contribution in [-0.4, -0.2) is 37.2 Å². The topological polar surface area (TPSA) is 78.9 Å². The molecule has 6 heteroatoms. The van der Waals surface area contributed by atoms with Crippen molar-refractivity contribution in [1.82, 2.24) is 0 Å². The van der Waals surface area contributed by atoms with Gasteiger partial charge in [0.25, 0.3) is 0 Å². The molecule has 0 aromatic rings. The summed E-state index contributed by atoms with van der Waals surface area (Å²) in [7, 11) is 0. The van der Waals surface area contributed by atoms with Crippen molar-refractivity contribution in [2.75, 3.05) is 13.2 Å². The van der Waals surface area contributed by atoms with E-state index in [-0.39, 0.29) is 31.1 Å². The SMILES string of the molecule is CC/C=C\C/C=C\C/C=C\C/C=C\C/C=C\C/C=C\CCCCCCCCC(=O)OCC(COC(=O)CCCCCCCC)OC(=O)CCCCCCCCCC/C=C\C/C=C\C/C=C\C/C=C\CC. The number of unbranched alkanes of at least 4 members (excludes halogenated alkanes) is 19. The van der Waals surface area contributed by atoms with E-state index in [1.807, 2.05) is 0 Å². The fourth-order valence-electron chi connectivity index (χ4n) is 7.49. The second-order valence-corrected chi connectivity index (χ2v) is 18.4. The van der Waals surface area contributed by atoms with Gasteiger partial charge in [-0.1, -0.05) is 239 Å². The van der Waals surface area contributed by atoms with E-state index < -0.39 is 6.10 Å². The first-order valence-electron chi connectivity index (χ1n) is 28.5. The maximum atomic E-state index is 12.8. The molecular weight excluding hydrogens is 865 g/mol. The summed E-state index contributed by atoms with van der Waals surface area (Å²) in [4.78, 5) is 37.9. The Kier molecular flexibility index (Phi) is 54.0. The minimum absolute atomic E-state index is 0.0887. The quantitative estimate of drug-likeness (QED) is 0.0262. The van der Waals surface area contributed by atoms with Crippen LogP contribution in [-0.2, 0) is 28.6 Å². The number of esters is 3. The molecule has 70 heavy (non-hydrogen) atoms. The zero-order valence-electron chi connectivity index (χ0n) is 45.2. The smallest absolute Gasteiger partial charge is 0.306 e. The van der Waals surface area contributed by atoms with Gasteiger partial charge in [0.15, 0.2) is 6.10 Å². The standard InChI is InChI=1S/C64H104O6/c1-4-7-10-13-16-18-20-22-24-26-28-30-31-32-33-35-36-38-40-42-44-46-48-51-54-57-63(66)69-60-61(59-68-62(65)56-53-50-15-12-9-6-3)70-64(67)58-55-52-49-47-45-43-41-39-37-34-29-27-25-23-21-19-17-14-11-8-5-2/h7-8,10-11,16-19,22-25,28-30,32-34,36,38,61H,4-6,9,12-15,20-21,26-27,31,35,37,39-60H2,1-3H3/b10-7-,11-8-,18-16-,19-17-,24-22-,25-23-,30-28-,33-32-,34-29-,38-36-. The number of hydrogen-bond acceptors (Lipinski definition) is 6. The highest BCUT2D eigenvalue weighted by Crippen LogP contribution is 2.14. The Morgan fingerprint density at radius 2 is 0.557 bits per heavy atom. The lowest BCUT2D eigenvalue weighted by molar-refractivity contribution is -0.167. The van der Waals surface area contributed by atoms with Crippen molar-refractivity contribution in [3.8, 4) is 0 Å². The molecular formula is C64H104O6. The number of rotatable bonds is 50. The van der Waals surface area contributed by atoms with Crippen LogP contribution in [0.1, 0.15) is 245 Å². The first-order valence-corrected chi connectivity index (χ1v) is 28.5. The van der Waals surface area contributed by atoms with Gasteiger partial charge in [-0.2, -0.15) is 0 Å². The zero-order chi connectivity index (χ0) is 50.7. The number of carbonyl (C=O) groups excluding carboxylic acids is 3. The number of ether oxygens (including phenoxy) is 3. The van der Waals surface area contributed by atoms with Crippen molar-refractivity contribution in [1.29, 1.82) is 0 Å². The maximum absolute atomic E-state index is 12.8. The van der Waals surface area contributed by atoms with Gasteiger partial charge in [-0.05, 0) is 109 Å². The van der Waals surface area contributed by atoms with Crippen LogP contribution in [0.15, 0.2) is 122 Å². The second-order valence-electron chi connectivity index (χ2n) is 18.4. The average Bonchev–Trinajstić information content (AvgIpc) is 3.36. The highest BCUT2D eigenvalue weighted by molar-refractivity contribution is 5.71.